The average molecular weight is 200 g/mol. The number of aliphatic hydroxyl groups excluding tert-OH is 1. The third-order valence-corrected chi connectivity index (χ3v) is 0.805. The van der Waals surface area contributed by atoms with E-state index in [9.17, 15) is 4.79 Å². The number of aliphatic hydroxyl groups is 1. The van der Waals surface area contributed by atoms with Crippen molar-refractivity contribution < 1.29 is 15.0 Å². The Bertz CT molecular complexity index is 95.8. The molecule has 0 bridgehead atoms. The van der Waals surface area contributed by atoms with Crippen LogP contribution in [0, 0.1) is 0 Å². The van der Waals surface area contributed by atoms with Crippen molar-refractivity contribution in [2.75, 3.05) is 0 Å². The van der Waals surface area contributed by atoms with Gasteiger partial charge in [0.25, 0.3) is 0 Å². The molecule has 5 heteroatoms. The molecule has 0 aromatic rings. The zero-order valence-electron chi connectivity index (χ0n) is 5.03. The summed E-state index contributed by atoms with van der Waals surface area (Å²) in [5, 5.41) is 16.6. The van der Waals surface area contributed by atoms with E-state index < -0.39 is 18.1 Å². The Balaban J connectivity index is 0. The van der Waals surface area contributed by atoms with Gasteiger partial charge in [-0.1, -0.05) is 0 Å². The van der Waals surface area contributed by atoms with Gasteiger partial charge in [-0.3, -0.25) is 4.79 Å². The van der Waals surface area contributed by atoms with Crippen LogP contribution in [0.5, 0.6) is 0 Å². The monoisotopic (exact) mass is 201 g/mol. The number of nitrogens with two attached hydrogens (primary N) is 1. The zero-order valence-corrected chi connectivity index (χ0v) is 7.13. The van der Waals surface area contributed by atoms with E-state index in [0.717, 1.165) is 0 Å². The van der Waals surface area contributed by atoms with E-state index in [2.05, 4.69) is 0 Å². The summed E-state index contributed by atoms with van der Waals surface area (Å²) in [5.41, 5.74) is 4.91. The second kappa shape index (κ2) is 4.76. The van der Waals surface area contributed by atoms with Crippen LogP contribution in [-0.2, 0) is 4.79 Å². The Labute approximate surface area is 63.5 Å². The third-order valence-electron chi connectivity index (χ3n) is 0.805. The van der Waals surface area contributed by atoms with E-state index in [1.807, 2.05) is 0 Å². The first-order chi connectivity index (χ1) is 3.55. The van der Waals surface area contributed by atoms with Crippen LogP contribution in [-0.4, -0.2) is 45.4 Å². The van der Waals surface area contributed by atoms with Gasteiger partial charge in [0, 0.05) is 0 Å². The summed E-state index contributed by atoms with van der Waals surface area (Å²) in [6.07, 6.45) is -0.979. The minimum atomic E-state index is -1.18. The Morgan fingerprint density at radius 1 is 1.67 bits per heavy atom. The van der Waals surface area contributed by atoms with Crippen LogP contribution < -0.4 is 5.73 Å². The molecule has 0 rings (SSSR count). The molecule has 0 saturated heterocycles. The van der Waals surface area contributed by atoms with Crippen LogP contribution in [0.3, 0.4) is 0 Å². The van der Waals surface area contributed by atoms with Crippen molar-refractivity contribution in [3.63, 3.8) is 0 Å². The van der Waals surface area contributed by atoms with Crippen molar-refractivity contribution in [2.24, 2.45) is 5.73 Å². The molecule has 0 aromatic carbocycles. The fourth-order valence-corrected chi connectivity index (χ4v) is 0.206. The van der Waals surface area contributed by atoms with Gasteiger partial charge in [-0.25, -0.2) is 0 Å². The molecule has 0 radical (unpaired) electrons. The maximum absolute atomic E-state index is 9.86. The molecular weight excluding hydrogens is 189 g/mol. The van der Waals surface area contributed by atoms with Crippen LogP contribution in [0.25, 0.3) is 0 Å². The predicted octanol–water partition coefficient (Wildman–Crippen LogP) is -2.14. The van der Waals surface area contributed by atoms with Crippen molar-refractivity contribution in [1.82, 2.24) is 0 Å². The SMILES string of the molecule is C[C@@H](O)[C@H](N)C(=O)O.[SeH2]. The average Bonchev–Trinajstić information content (AvgIpc) is 1.64. The number of carboxylic acids is 1. The van der Waals surface area contributed by atoms with Gasteiger partial charge in [-0.15, -0.1) is 0 Å². The minimum absolute atomic E-state index is 0. The quantitative estimate of drug-likeness (QED) is 0.444. The fraction of sp³-hybridized carbons (Fsp3) is 0.750. The van der Waals surface area contributed by atoms with Crippen molar-refractivity contribution in [3.8, 4) is 0 Å². The van der Waals surface area contributed by atoms with Crippen LogP contribution in [0.15, 0.2) is 0 Å². The molecule has 0 amide bonds. The van der Waals surface area contributed by atoms with Gasteiger partial charge in [0.2, 0.25) is 0 Å². The van der Waals surface area contributed by atoms with E-state index in [1.165, 1.54) is 6.92 Å². The number of hydrogen-bond donors (Lipinski definition) is 3. The molecular formula is C4H11NO3Se. The Kier molecular flexibility index (Phi) is 6.17. The van der Waals surface area contributed by atoms with Crippen LogP contribution in [0.2, 0.25) is 0 Å². The van der Waals surface area contributed by atoms with Crippen molar-refractivity contribution >= 4 is 23.0 Å². The van der Waals surface area contributed by atoms with E-state index in [4.69, 9.17) is 15.9 Å². The molecule has 4 N–H and O–H groups in total. The molecule has 0 heterocycles. The summed E-state index contributed by atoms with van der Waals surface area (Å²) in [7, 11) is 0. The second-order valence-corrected chi connectivity index (χ2v) is 1.60. The number of carbonyl (C=O) groups is 1. The normalized spacial score (nSPS) is 15.4. The van der Waals surface area contributed by atoms with E-state index in [-0.39, 0.29) is 17.1 Å². The second-order valence-electron chi connectivity index (χ2n) is 1.60. The molecule has 0 spiro atoms. The number of rotatable bonds is 2. The van der Waals surface area contributed by atoms with Gasteiger partial charge in [0.05, 0.1) is 6.10 Å². The topological polar surface area (TPSA) is 83.5 Å². The Morgan fingerprint density at radius 2 is 2.00 bits per heavy atom. The van der Waals surface area contributed by atoms with Crippen molar-refractivity contribution in [1.29, 1.82) is 0 Å². The van der Waals surface area contributed by atoms with Crippen LogP contribution >= 0.6 is 0 Å². The summed E-state index contributed by atoms with van der Waals surface area (Å²) >= 11 is 0. The van der Waals surface area contributed by atoms with Gasteiger partial charge in [-0.05, 0) is 6.92 Å². The molecule has 4 nitrogen and oxygen atoms in total. The van der Waals surface area contributed by atoms with Gasteiger partial charge in [0.1, 0.15) is 6.04 Å². The number of hydrogen-bond acceptors (Lipinski definition) is 3. The summed E-state index contributed by atoms with van der Waals surface area (Å²) in [6.45, 7) is 1.33. The molecule has 9 heavy (non-hydrogen) atoms. The molecule has 0 unspecified atom stereocenters. The molecule has 0 aliphatic heterocycles. The standard InChI is InChI=1S/C4H9NO3.H2Se/c1-2(6)3(5)4(7)8;/h2-3,6H,5H2,1H3,(H,7,8);1H2/t2-,3+;/m1./s1. The van der Waals surface area contributed by atoms with Gasteiger partial charge in [-0.2, -0.15) is 0 Å². The van der Waals surface area contributed by atoms with Gasteiger partial charge in [0.15, 0.2) is 0 Å². The van der Waals surface area contributed by atoms with Crippen molar-refractivity contribution in [3.05, 3.63) is 0 Å². The Morgan fingerprint density at radius 3 is 2.00 bits per heavy atom. The molecule has 0 fully saturated rings. The van der Waals surface area contributed by atoms with Gasteiger partial charge < -0.3 is 15.9 Å². The zero-order chi connectivity index (χ0) is 6.73. The van der Waals surface area contributed by atoms with Crippen LogP contribution in [0.4, 0.5) is 0 Å². The molecule has 2 atom stereocenters. The molecule has 0 saturated carbocycles. The van der Waals surface area contributed by atoms with Crippen LogP contribution in [0.1, 0.15) is 6.92 Å². The molecule has 0 aliphatic carbocycles. The summed E-state index contributed by atoms with van der Waals surface area (Å²) in [5.74, 6) is -1.18. The van der Waals surface area contributed by atoms with Crippen molar-refractivity contribution in [2.45, 2.75) is 19.1 Å². The molecule has 56 valence electrons. The van der Waals surface area contributed by atoms with E-state index in [1.54, 1.807) is 0 Å². The Hall–Kier alpha value is -0.0905. The van der Waals surface area contributed by atoms with E-state index >= 15 is 0 Å². The first-order valence-electron chi connectivity index (χ1n) is 2.22. The number of aliphatic carboxylic acids is 1. The predicted molar refractivity (Wildman–Crippen MR) is 35.8 cm³/mol. The third kappa shape index (κ3) is 4.42. The summed E-state index contributed by atoms with van der Waals surface area (Å²) in [4.78, 5) is 9.86. The maximum atomic E-state index is 9.86. The first kappa shape index (κ1) is 11.7. The van der Waals surface area contributed by atoms with Gasteiger partial charge >= 0.3 is 23.0 Å². The van der Waals surface area contributed by atoms with E-state index in [0.29, 0.717) is 0 Å². The fourth-order valence-electron chi connectivity index (χ4n) is 0.206. The molecule has 0 aromatic heterocycles. The summed E-state index contributed by atoms with van der Waals surface area (Å²) < 4.78 is 0. The molecule has 0 aliphatic rings. The number of carboxylic acid groups (broad SMARTS) is 1. The first-order valence-corrected chi connectivity index (χ1v) is 2.22. The summed E-state index contributed by atoms with van der Waals surface area (Å²) in [6, 6.07) is -1.16.